The minimum atomic E-state index is 0.220. The Kier molecular flexibility index (Phi) is 2.48. The Labute approximate surface area is 100 Å². The van der Waals surface area contributed by atoms with Crippen LogP contribution in [-0.4, -0.2) is 16.8 Å². The zero-order valence-corrected chi connectivity index (χ0v) is 9.73. The van der Waals surface area contributed by atoms with Gasteiger partial charge in [-0.25, -0.2) is 0 Å². The van der Waals surface area contributed by atoms with Gasteiger partial charge in [-0.15, -0.1) is 0 Å². The highest BCUT2D eigenvalue weighted by Crippen LogP contribution is 2.29. The lowest BCUT2D eigenvalue weighted by atomic mass is 10.1. The van der Waals surface area contributed by atoms with Crippen LogP contribution in [0.1, 0.15) is 24.2 Å². The fraction of sp³-hybridized carbons (Fsp3) is 0.308. The topological polar surface area (TPSA) is 49.9 Å². The van der Waals surface area contributed by atoms with Gasteiger partial charge in [-0.1, -0.05) is 0 Å². The first-order valence-corrected chi connectivity index (χ1v) is 5.84. The van der Waals surface area contributed by atoms with E-state index in [1.54, 1.807) is 6.20 Å². The van der Waals surface area contributed by atoms with E-state index in [2.05, 4.69) is 34.6 Å². The molecule has 1 aliphatic heterocycles. The van der Waals surface area contributed by atoms with E-state index in [0.717, 1.165) is 30.2 Å². The highest BCUT2D eigenvalue weighted by molar-refractivity contribution is 5.53. The summed E-state index contributed by atoms with van der Waals surface area (Å²) in [6.45, 7) is 2.91. The number of nitrogens with zero attached hydrogens (tertiary/aromatic N) is 1. The smallest absolute Gasteiger partial charge is 0.122 e. The number of H-pyrrole nitrogens is 1. The largest absolute Gasteiger partial charge is 0.493 e. The number of hydrogen-bond donors (Lipinski definition) is 2. The van der Waals surface area contributed by atoms with Gasteiger partial charge in [-0.2, -0.15) is 5.10 Å². The van der Waals surface area contributed by atoms with Crippen LogP contribution < -0.4 is 10.1 Å². The lowest BCUT2D eigenvalue weighted by molar-refractivity contribution is 0.357. The molecule has 1 unspecified atom stereocenters. The van der Waals surface area contributed by atoms with Crippen LogP contribution >= 0.6 is 0 Å². The van der Waals surface area contributed by atoms with E-state index in [1.165, 1.54) is 5.56 Å². The molecule has 17 heavy (non-hydrogen) atoms. The summed E-state index contributed by atoms with van der Waals surface area (Å²) in [5.74, 6) is 1.02. The fourth-order valence-corrected chi connectivity index (χ4v) is 2.11. The van der Waals surface area contributed by atoms with Crippen LogP contribution in [0.3, 0.4) is 0 Å². The van der Waals surface area contributed by atoms with Crippen LogP contribution in [0.25, 0.3) is 0 Å². The Hall–Kier alpha value is -1.97. The molecule has 3 rings (SSSR count). The van der Waals surface area contributed by atoms with Crippen molar-refractivity contribution in [2.75, 3.05) is 11.9 Å². The predicted octanol–water partition coefficient (Wildman–Crippen LogP) is 2.52. The van der Waals surface area contributed by atoms with Crippen molar-refractivity contribution in [2.24, 2.45) is 0 Å². The van der Waals surface area contributed by atoms with Gasteiger partial charge in [0.2, 0.25) is 0 Å². The molecule has 0 saturated carbocycles. The maximum absolute atomic E-state index is 5.49. The average molecular weight is 229 g/mol. The molecule has 0 amide bonds. The van der Waals surface area contributed by atoms with E-state index in [0.29, 0.717) is 0 Å². The number of fused-ring (bicyclic) bond motifs is 1. The Morgan fingerprint density at radius 3 is 3.18 bits per heavy atom. The number of benzene rings is 1. The molecule has 1 aromatic carbocycles. The third-order valence-electron chi connectivity index (χ3n) is 3.06. The number of anilines is 1. The summed E-state index contributed by atoms with van der Waals surface area (Å²) >= 11 is 0. The quantitative estimate of drug-likeness (QED) is 0.850. The van der Waals surface area contributed by atoms with Gasteiger partial charge in [0.15, 0.2) is 0 Å². The number of rotatable bonds is 3. The van der Waals surface area contributed by atoms with Gasteiger partial charge in [0.1, 0.15) is 5.75 Å². The van der Waals surface area contributed by atoms with Crippen molar-refractivity contribution in [3.63, 3.8) is 0 Å². The molecule has 1 atom stereocenters. The van der Waals surface area contributed by atoms with E-state index >= 15 is 0 Å². The van der Waals surface area contributed by atoms with Gasteiger partial charge in [0.05, 0.1) is 18.3 Å². The normalized spacial score (nSPS) is 15.1. The third kappa shape index (κ3) is 1.98. The maximum atomic E-state index is 5.49. The zero-order chi connectivity index (χ0) is 11.7. The Morgan fingerprint density at radius 1 is 1.41 bits per heavy atom. The molecule has 1 aliphatic rings. The van der Waals surface area contributed by atoms with E-state index in [4.69, 9.17) is 4.74 Å². The first-order chi connectivity index (χ1) is 8.33. The van der Waals surface area contributed by atoms with Gasteiger partial charge in [-0.05, 0) is 36.8 Å². The van der Waals surface area contributed by atoms with E-state index in [1.807, 2.05) is 12.1 Å². The number of ether oxygens (including phenoxy) is 1. The van der Waals surface area contributed by atoms with Crippen molar-refractivity contribution < 1.29 is 4.74 Å². The molecule has 0 aliphatic carbocycles. The molecule has 2 aromatic rings. The van der Waals surface area contributed by atoms with Gasteiger partial charge in [-0.3, -0.25) is 5.10 Å². The summed E-state index contributed by atoms with van der Waals surface area (Å²) in [5.41, 5.74) is 3.49. The zero-order valence-electron chi connectivity index (χ0n) is 9.73. The molecule has 4 nitrogen and oxygen atoms in total. The predicted molar refractivity (Wildman–Crippen MR) is 66.3 cm³/mol. The number of nitrogens with one attached hydrogen (secondary N) is 2. The SMILES string of the molecule is CC(Nc1ccc2c(c1)CCO2)c1ccn[nH]1. The second-order valence-corrected chi connectivity index (χ2v) is 4.30. The standard InChI is InChI=1S/C13H15N3O/c1-9(12-4-6-14-16-12)15-11-2-3-13-10(8-11)5-7-17-13/h2-4,6,8-9,15H,5,7H2,1H3,(H,14,16). The van der Waals surface area contributed by atoms with Gasteiger partial charge < -0.3 is 10.1 Å². The summed E-state index contributed by atoms with van der Waals surface area (Å²) in [6, 6.07) is 8.45. The van der Waals surface area contributed by atoms with Crippen molar-refractivity contribution in [1.82, 2.24) is 10.2 Å². The minimum Gasteiger partial charge on any atom is -0.493 e. The molecule has 0 bridgehead atoms. The second kappa shape index (κ2) is 4.13. The third-order valence-corrected chi connectivity index (χ3v) is 3.06. The first kappa shape index (κ1) is 10.2. The van der Waals surface area contributed by atoms with Crippen LogP contribution in [0.2, 0.25) is 0 Å². The molecule has 0 spiro atoms. The monoisotopic (exact) mass is 229 g/mol. The van der Waals surface area contributed by atoms with Crippen LogP contribution in [0.15, 0.2) is 30.5 Å². The van der Waals surface area contributed by atoms with Crippen molar-refractivity contribution in [2.45, 2.75) is 19.4 Å². The van der Waals surface area contributed by atoms with Crippen molar-refractivity contribution in [3.8, 4) is 5.75 Å². The van der Waals surface area contributed by atoms with E-state index in [9.17, 15) is 0 Å². The summed E-state index contributed by atoms with van der Waals surface area (Å²) in [7, 11) is 0. The Balaban J connectivity index is 1.77. The molecule has 1 aromatic heterocycles. The van der Waals surface area contributed by atoms with Crippen molar-refractivity contribution in [3.05, 3.63) is 41.7 Å². The molecule has 0 saturated heterocycles. The van der Waals surface area contributed by atoms with Crippen molar-refractivity contribution in [1.29, 1.82) is 0 Å². The van der Waals surface area contributed by atoms with Crippen molar-refractivity contribution >= 4 is 5.69 Å². The van der Waals surface area contributed by atoms with Crippen LogP contribution in [-0.2, 0) is 6.42 Å². The number of hydrogen-bond acceptors (Lipinski definition) is 3. The van der Waals surface area contributed by atoms with Gasteiger partial charge in [0.25, 0.3) is 0 Å². The summed E-state index contributed by atoms with van der Waals surface area (Å²) in [5, 5.41) is 10.4. The molecular formula is C13H15N3O. The lowest BCUT2D eigenvalue weighted by Gasteiger charge is -2.14. The average Bonchev–Trinajstić information content (AvgIpc) is 2.99. The second-order valence-electron chi connectivity index (χ2n) is 4.30. The van der Waals surface area contributed by atoms with E-state index in [-0.39, 0.29) is 6.04 Å². The first-order valence-electron chi connectivity index (χ1n) is 5.84. The van der Waals surface area contributed by atoms with E-state index < -0.39 is 0 Å². The number of aromatic amines is 1. The fourth-order valence-electron chi connectivity index (χ4n) is 2.11. The number of aromatic nitrogens is 2. The summed E-state index contributed by atoms with van der Waals surface area (Å²) in [4.78, 5) is 0. The van der Waals surface area contributed by atoms with Crippen LogP contribution in [0.4, 0.5) is 5.69 Å². The molecule has 0 fully saturated rings. The summed E-state index contributed by atoms with van der Waals surface area (Å²) in [6.07, 6.45) is 2.77. The van der Waals surface area contributed by atoms with Gasteiger partial charge in [0, 0.05) is 18.3 Å². The summed E-state index contributed by atoms with van der Waals surface area (Å²) < 4.78 is 5.49. The van der Waals surface area contributed by atoms with Crippen LogP contribution in [0.5, 0.6) is 5.75 Å². The highest BCUT2D eigenvalue weighted by Gasteiger charge is 2.13. The molecule has 2 heterocycles. The molecule has 4 heteroatoms. The Morgan fingerprint density at radius 2 is 2.35 bits per heavy atom. The minimum absolute atomic E-state index is 0.220. The molecular weight excluding hydrogens is 214 g/mol. The van der Waals surface area contributed by atoms with Gasteiger partial charge >= 0.3 is 0 Å². The highest BCUT2D eigenvalue weighted by atomic mass is 16.5. The maximum Gasteiger partial charge on any atom is 0.122 e. The molecule has 0 radical (unpaired) electrons. The Bertz CT molecular complexity index is 507. The lowest BCUT2D eigenvalue weighted by Crippen LogP contribution is -2.07. The molecule has 88 valence electrons. The molecule has 2 N–H and O–H groups in total. The van der Waals surface area contributed by atoms with Crippen LogP contribution in [0, 0.1) is 0 Å².